The van der Waals surface area contributed by atoms with Crippen LogP contribution in [0.5, 0.6) is 0 Å². The Morgan fingerprint density at radius 3 is 2.72 bits per heavy atom. The average molecular weight is 325 g/mol. The fraction of sp³-hybridized carbons (Fsp3) is 0.286. The molecule has 1 unspecified atom stereocenters. The van der Waals surface area contributed by atoms with Gasteiger partial charge in [-0.1, -0.05) is 12.1 Å². The normalized spacial score (nSPS) is 12.4. The Balaban J connectivity index is 2.26. The Bertz CT molecular complexity index is 511. The van der Waals surface area contributed by atoms with E-state index in [2.05, 4.69) is 70.5 Å². The molecule has 2 nitrogen and oxygen atoms in total. The highest BCUT2D eigenvalue weighted by molar-refractivity contribution is 9.10. The van der Waals surface area contributed by atoms with Gasteiger partial charge in [-0.15, -0.1) is 11.3 Å². The van der Waals surface area contributed by atoms with E-state index in [1.807, 2.05) is 0 Å². The molecule has 0 saturated carbocycles. The maximum atomic E-state index is 5.65. The highest BCUT2D eigenvalue weighted by atomic mass is 79.9. The van der Waals surface area contributed by atoms with Gasteiger partial charge in [0.25, 0.3) is 0 Å². The molecule has 4 heteroatoms. The van der Waals surface area contributed by atoms with Crippen LogP contribution in [0.1, 0.15) is 23.4 Å². The molecule has 0 spiro atoms. The van der Waals surface area contributed by atoms with Gasteiger partial charge in [0.2, 0.25) is 0 Å². The second-order valence-corrected chi connectivity index (χ2v) is 6.13. The zero-order chi connectivity index (χ0) is 13.1. The van der Waals surface area contributed by atoms with E-state index in [0.29, 0.717) is 12.6 Å². The number of hydrogen-bond donors (Lipinski definition) is 1. The highest BCUT2D eigenvalue weighted by Gasteiger charge is 2.15. The van der Waals surface area contributed by atoms with Crippen molar-refractivity contribution in [3.63, 3.8) is 0 Å². The molecule has 2 N–H and O–H groups in total. The fourth-order valence-electron chi connectivity index (χ4n) is 1.89. The molecular weight excluding hydrogens is 308 g/mol. The van der Waals surface area contributed by atoms with Crippen LogP contribution in [0.15, 0.2) is 40.2 Å². The minimum absolute atomic E-state index is 0.366. The van der Waals surface area contributed by atoms with E-state index in [4.69, 9.17) is 5.73 Å². The summed E-state index contributed by atoms with van der Waals surface area (Å²) in [5.74, 6) is 0. The largest absolute Gasteiger partial charge is 0.366 e. The van der Waals surface area contributed by atoms with E-state index < -0.39 is 0 Å². The van der Waals surface area contributed by atoms with Crippen LogP contribution in [0.25, 0.3) is 0 Å². The summed E-state index contributed by atoms with van der Waals surface area (Å²) in [5, 5.41) is 2.12. The number of nitrogens with two attached hydrogens (primary N) is 1. The smallest absolute Gasteiger partial charge is 0.0604 e. The number of rotatable bonds is 4. The molecule has 0 saturated heterocycles. The molecule has 1 heterocycles. The van der Waals surface area contributed by atoms with Crippen molar-refractivity contribution in [2.45, 2.75) is 19.5 Å². The lowest BCUT2D eigenvalue weighted by Crippen LogP contribution is -2.21. The highest BCUT2D eigenvalue weighted by Crippen LogP contribution is 2.33. The third-order valence-corrected chi connectivity index (χ3v) is 4.84. The first-order valence-electron chi connectivity index (χ1n) is 5.88. The SMILES string of the molecule is CC(c1cccs1)N(C)c1ccc(CN)cc1Br. The Morgan fingerprint density at radius 2 is 2.17 bits per heavy atom. The van der Waals surface area contributed by atoms with E-state index >= 15 is 0 Å². The van der Waals surface area contributed by atoms with Crippen molar-refractivity contribution < 1.29 is 0 Å². The third kappa shape index (κ3) is 2.76. The first-order chi connectivity index (χ1) is 8.63. The van der Waals surface area contributed by atoms with Crippen molar-refractivity contribution in [3.05, 3.63) is 50.6 Å². The summed E-state index contributed by atoms with van der Waals surface area (Å²) in [6.45, 7) is 2.79. The number of hydrogen-bond acceptors (Lipinski definition) is 3. The van der Waals surface area contributed by atoms with Crippen molar-refractivity contribution in [1.82, 2.24) is 0 Å². The lowest BCUT2D eigenvalue weighted by Gasteiger charge is -2.27. The van der Waals surface area contributed by atoms with Crippen LogP contribution in [0.2, 0.25) is 0 Å². The molecule has 0 bridgehead atoms. The van der Waals surface area contributed by atoms with E-state index in [9.17, 15) is 0 Å². The van der Waals surface area contributed by atoms with Crippen LogP contribution in [0.4, 0.5) is 5.69 Å². The van der Waals surface area contributed by atoms with Gasteiger partial charge in [0.1, 0.15) is 0 Å². The van der Waals surface area contributed by atoms with E-state index in [1.54, 1.807) is 11.3 Å². The van der Waals surface area contributed by atoms with Crippen molar-refractivity contribution >= 4 is 33.0 Å². The van der Waals surface area contributed by atoms with Crippen molar-refractivity contribution in [1.29, 1.82) is 0 Å². The Hall–Kier alpha value is -0.840. The Morgan fingerprint density at radius 1 is 1.39 bits per heavy atom. The minimum Gasteiger partial charge on any atom is -0.366 e. The summed E-state index contributed by atoms with van der Waals surface area (Å²) >= 11 is 5.42. The topological polar surface area (TPSA) is 29.3 Å². The van der Waals surface area contributed by atoms with Gasteiger partial charge in [0.15, 0.2) is 0 Å². The molecule has 0 radical (unpaired) electrons. The second kappa shape index (κ2) is 5.87. The lowest BCUT2D eigenvalue weighted by molar-refractivity contribution is 0.752. The molecule has 1 aromatic heterocycles. The van der Waals surface area contributed by atoms with Gasteiger partial charge in [-0.2, -0.15) is 0 Å². The van der Waals surface area contributed by atoms with E-state index in [-0.39, 0.29) is 0 Å². The molecule has 1 aromatic carbocycles. The molecule has 0 aliphatic rings. The minimum atomic E-state index is 0.366. The lowest BCUT2D eigenvalue weighted by atomic mass is 10.1. The first-order valence-corrected chi connectivity index (χ1v) is 7.55. The second-order valence-electron chi connectivity index (χ2n) is 4.29. The van der Waals surface area contributed by atoms with Gasteiger partial charge >= 0.3 is 0 Å². The maximum Gasteiger partial charge on any atom is 0.0604 e. The zero-order valence-electron chi connectivity index (χ0n) is 10.6. The maximum absolute atomic E-state index is 5.65. The Labute approximate surface area is 121 Å². The number of benzene rings is 1. The number of halogens is 1. The molecule has 0 amide bonds. The predicted molar refractivity (Wildman–Crippen MR) is 83.2 cm³/mol. The quantitative estimate of drug-likeness (QED) is 0.914. The van der Waals surface area contributed by atoms with Gasteiger partial charge < -0.3 is 10.6 Å². The van der Waals surface area contributed by atoms with Crippen LogP contribution in [-0.2, 0) is 6.54 Å². The fourth-order valence-corrected chi connectivity index (χ4v) is 3.42. The van der Waals surface area contributed by atoms with Gasteiger partial charge in [0.05, 0.1) is 11.7 Å². The van der Waals surface area contributed by atoms with Crippen LogP contribution in [0.3, 0.4) is 0 Å². The molecule has 0 aliphatic carbocycles. The summed E-state index contributed by atoms with van der Waals surface area (Å²) in [6.07, 6.45) is 0. The molecule has 1 atom stereocenters. The van der Waals surface area contributed by atoms with E-state index in [1.165, 1.54) is 10.6 Å². The van der Waals surface area contributed by atoms with Gasteiger partial charge in [-0.3, -0.25) is 0 Å². The monoisotopic (exact) mass is 324 g/mol. The van der Waals surface area contributed by atoms with Gasteiger partial charge in [-0.05, 0) is 52.0 Å². The molecule has 0 fully saturated rings. The van der Waals surface area contributed by atoms with Gasteiger partial charge in [-0.25, -0.2) is 0 Å². The van der Waals surface area contributed by atoms with Crippen LogP contribution >= 0.6 is 27.3 Å². The standard InChI is InChI=1S/C14H17BrN2S/c1-10(14-4-3-7-18-14)17(2)13-6-5-11(9-16)8-12(13)15/h3-8,10H,9,16H2,1-2H3. The van der Waals surface area contributed by atoms with Crippen LogP contribution < -0.4 is 10.6 Å². The van der Waals surface area contributed by atoms with Crippen molar-refractivity contribution in [3.8, 4) is 0 Å². The number of anilines is 1. The van der Waals surface area contributed by atoms with E-state index in [0.717, 1.165) is 10.0 Å². The summed E-state index contributed by atoms with van der Waals surface area (Å²) < 4.78 is 1.09. The third-order valence-electron chi connectivity index (χ3n) is 3.16. The summed E-state index contributed by atoms with van der Waals surface area (Å²) in [6, 6.07) is 10.9. The predicted octanol–water partition coefficient (Wildman–Crippen LogP) is 4.17. The van der Waals surface area contributed by atoms with Crippen LogP contribution in [-0.4, -0.2) is 7.05 Å². The summed E-state index contributed by atoms with van der Waals surface area (Å²) in [7, 11) is 2.12. The number of nitrogens with zero attached hydrogens (tertiary/aromatic N) is 1. The van der Waals surface area contributed by atoms with Crippen molar-refractivity contribution in [2.75, 3.05) is 11.9 Å². The van der Waals surface area contributed by atoms with Gasteiger partial charge in [0, 0.05) is 22.9 Å². The zero-order valence-corrected chi connectivity index (χ0v) is 13.0. The van der Waals surface area contributed by atoms with Crippen molar-refractivity contribution in [2.24, 2.45) is 5.73 Å². The molecule has 2 rings (SSSR count). The average Bonchev–Trinajstić information content (AvgIpc) is 2.90. The summed E-state index contributed by atoms with van der Waals surface area (Å²) in [4.78, 5) is 3.64. The molecule has 2 aromatic rings. The molecule has 0 aliphatic heterocycles. The van der Waals surface area contributed by atoms with Crippen LogP contribution in [0, 0.1) is 0 Å². The summed E-state index contributed by atoms with van der Waals surface area (Å²) in [5.41, 5.74) is 7.98. The molecule has 96 valence electrons. The first kappa shape index (κ1) is 13.6. The molecular formula is C14H17BrN2S. The molecule has 18 heavy (non-hydrogen) atoms. The Kier molecular flexibility index (Phi) is 4.43. The number of thiophene rings is 1.